The average molecular weight is 480 g/mol. The lowest BCUT2D eigenvalue weighted by atomic mass is 9.72. The number of likely N-dealkylation sites (N-methyl/N-ethyl adjacent to an activating group) is 1. The Kier molecular flexibility index (Phi) is 8.60. The zero-order chi connectivity index (χ0) is 20.8. The molecule has 0 unspecified atom stereocenters. The van der Waals surface area contributed by atoms with E-state index in [2.05, 4.69) is 4.90 Å². The number of fused-ring (bicyclic) bond motifs is 1. The molecule has 1 spiro atoms. The van der Waals surface area contributed by atoms with Gasteiger partial charge < -0.3 is 25.2 Å². The first-order valence-electron chi connectivity index (χ1n) is 10.7. The Morgan fingerprint density at radius 3 is 2.61 bits per heavy atom. The fourth-order valence-corrected chi connectivity index (χ4v) is 5.56. The summed E-state index contributed by atoms with van der Waals surface area (Å²) in [5, 5.41) is 0. The molecular weight excluding hydrogens is 445 g/mol. The smallest absolute Gasteiger partial charge is 0.236 e. The first kappa shape index (κ1) is 26.1. The summed E-state index contributed by atoms with van der Waals surface area (Å²) in [6, 6.07) is 0. The van der Waals surface area contributed by atoms with Crippen molar-refractivity contribution in [3.63, 3.8) is 0 Å². The number of rotatable bonds is 5. The van der Waals surface area contributed by atoms with Crippen LogP contribution in [-0.4, -0.2) is 115 Å². The number of nitrogens with zero attached hydrogens (tertiary/aromatic N) is 4. The number of ether oxygens (including phenoxy) is 1. The molecule has 0 aromatic heterocycles. The normalized spacial score (nSPS) is 32.2. The van der Waals surface area contributed by atoms with Crippen molar-refractivity contribution in [3.8, 4) is 0 Å². The van der Waals surface area contributed by atoms with E-state index in [4.69, 9.17) is 10.5 Å². The first-order valence-corrected chi connectivity index (χ1v) is 10.7. The molecule has 4 heterocycles. The highest BCUT2D eigenvalue weighted by Crippen LogP contribution is 2.55. The van der Waals surface area contributed by atoms with Crippen LogP contribution in [0, 0.1) is 11.8 Å². The summed E-state index contributed by atoms with van der Waals surface area (Å²) in [4.78, 5) is 45.9. The minimum Gasteiger partial charge on any atom is -0.368 e. The van der Waals surface area contributed by atoms with Crippen LogP contribution >= 0.6 is 24.8 Å². The first-order chi connectivity index (χ1) is 13.9. The minimum absolute atomic E-state index is 0. The molecule has 11 heteroatoms. The number of likely N-dealkylation sites (tertiary alicyclic amines) is 1. The summed E-state index contributed by atoms with van der Waals surface area (Å²) < 4.78 is 6.28. The Labute approximate surface area is 196 Å². The lowest BCUT2D eigenvalue weighted by molar-refractivity contribution is -0.144. The van der Waals surface area contributed by atoms with Crippen LogP contribution in [0.15, 0.2) is 0 Å². The van der Waals surface area contributed by atoms with Gasteiger partial charge in [-0.3, -0.25) is 19.3 Å². The monoisotopic (exact) mass is 479 g/mol. The van der Waals surface area contributed by atoms with Crippen LogP contribution in [0.25, 0.3) is 0 Å². The van der Waals surface area contributed by atoms with Crippen LogP contribution in [0.3, 0.4) is 0 Å². The van der Waals surface area contributed by atoms with Crippen LogP contribution in [0.5, 0.6) is 0 Å². The Hall–Kier alpha value is -1.13. The molecular formula is C20H35Cl2N5O4. The number of amides is 3. The summed E-state index contributed by atoms with van der Waals surface area (Å²) in [5.74, 6) is -0.594. The second kappa shape index (κ2) is 10.2. The molecule has 9 nitrogen and oxygen atoms in total. The summed E-state index contributed by atoms with van der Waals surface area (Å²) in [7, 11) is 3.51. The van der Waals surface area contributed by atoms with Crippen LogP contribution in [0.1, 0.15) is 19.3 Å². The average Bonchev–Trinajstić information content (AvgIpc) is 3.24. The van der Waals surface area contributed by atoms with E-state index in [9.17, 15) is 14.4 Å². The molecule has 0 radical (unpaired) electrons. The van der Waals surface area contributed by atoms with E-state index in [-0.39, 0.29) is 60.5 Å². The number of hydrogen-bond donors (Lipinski definition) is 1. The topological polar surface area (TPSA) is 99.4 Å². The van der Waals surface area contributed by atoms with Gasteiger partial charge in [0.25, 0.3) is 0 Å². The zero-order valence-electron chi connectivity index (χ0n) is 18.3. The van der Waals surface area contributed by atoms with Crippen molar-refractivity contribution < 1.29 is 19.1 Å². The summed E-state index contributed by atoms with van der Waals surface area (Å²) in [6.45, 7) is 4.60. The van der Waals surface area contributed by atoms with E-state index >= 15 is 0 Å². The molecule has 0 saturated carbocycles. The number of carbonyl (C=O) groups is 3. The Bertz CT molecular complexity index is 696. The molecule has 4 aliphatic rings. The predicted molar refractivity (Wildman–Crippen MR) is 120 cm³/mol. The molecule has 4 atom stereocenters. The van der Waals surface area contributed by atoms with Crippen molar-refractivity contribution in [3.05, 3.63) is 0 Å². The van der Waals surface area contributed by atoms with Crippen molar-refractivity contribution in [2.75, 3.05) is 66.5 Å². The van der Waals surface area contributed by atoms with Gasteiger partial charge in [0, 0.05) is 53.4 Å². The summed E-state index contributed by atoms with van der Waals surface area (Å²) in [5.41, 5.74) is 5.18. The highest BCUT2D eigenvalue weighted by molar-refractivity contribution is 5.92. The Morgan fingerprint density at radius 1 is 1.19 bits per heavy atom. The molecule has 0 aromatic rings. The lowest BCUT2D eigenvalue weighted by Gasteiger charge is -2.31. The number of hydrogen-bond acceptors (Lipinski definition) is 6. The minimum atomic E-state index is -0.493. The number of nitrogens with two attached hydrogens (primary N) is 1. The van der Waals surface area contributed by atoms with Crippen molar-refractivity contribution in [1.29, 1.82) is 0 Å². The van der Waals surface area contributed by atoms with Gasteiger partial charge in [0.15, 0.2) is 0 Å². The van der Waals surface area contributed by atoms with E-state index in [0.29, 0.717) is 45.8 Å². The van der Waals surface area contributed by atoms with Gasteiger partial charge in [0.05, 0.1) is 36.6 Å². The van der Waals surface area contributed by atoms with Crippen molar-refractivity contribution in [1.82, 2.24) is 19.6 Å². The van der Waals surface area contributed by atoms with E-state index in [1.807, 2.05) is 4.90 Å². The van der Waals surface area contributed by atoms with Crippen molar-refractivity contribution >= 4 is 42.5 Å². The molecule has 4 rings (SSSR count). The van der Waals surface area contributed by atoms with Crippen molar-refractivity contribution in [2.45, 2.75) is 31.0 Å². The van der Waals surface area contributed by atoms with Gasteiger partial charge in [-0.2, -0.15) is 0 Å². The summed E-state index contributed by atoms with van der Waals surface area (Å²) >= 11 is 0. The van der Waals surface area contributed by atoms with E-state index in [0.717, 1.165) is 25.8 Å². The molecule has 4 fully saturated rings. The van der Waals surface area contributed by atoms with E-state index in [1.165, 1.54) is 0 Å². The fraction of sp³-hybridized carbons (Fsp3) is 0.850. The van der Waals surface area contributed by atoms with Gasteiger partial charge in [-0.15, -0.1) is 24.8 Å². The molecule has 4 saturated heterocycles. The third kappa shape index (κ3) is 4.66. The highest BCUT2D eigenvalue weighted by Gasteiger charge is 2.69. The SMILES string of the molecule is CN(C)C(=O)CN1CCCN(C(=O)[C@H]2[C@@H]3CC[C@@]4(CN(CCN)C(=O)[C@@H]24)O3)CC1.Cl.Cl. The lowest BCUT2D eigenvalue weighted by Crippen LogP contribution is -2.48. The van der Waals surface area contributed by atoms with Gasteiger partial charge in [-0.05, 0) is 19.3 Å². The zero-order valence-corrected chi connectivity index (χ0v) is 20.0. The number of carbonyl (C=O) groups excluding carboxylic acids is 3. The molecule has 0 aliphatic carbocycles. The molecule has 178 valence electrons. The van der Waals surface area contributed by atoms with E-state index in [1.54, 1.807) is 23.9 Å². The maximum Gasteiger partial charge on any atom is 0.236 e. The molecule has 4 aliphatic heterocycles. The van der Waals surface area contributed by atoms with Crippen LogP contribution in [-0.2, 0) is 19.1 Å². The Morgan fingerprint density at radius 2 is 1.94 bits per heavy atom. The molecule has 2 bridgehead atoms. The maximum absolute atomic E-state index is 13.5. The van der Waals surface area contributed by atoms with Gasteiger partial charge in [-0.1, -0.05) is 0 Å². The third-order valence-electron chi connectivity index (χ3n) is 7.04. The molecule has 31 heavy (non-hydrogen) atoms. The second-order valence-corrected chi connectivity index (χ2v) is 9.05. The van der Waals surface area contributed by atoms with Crippen LogP contribution < -0.4 is 5.73 Å². The second-order valence-electron chi connectivity index (χ2n) is 9.05. The summed E-state index contributed by atoms with van der Waals surface area (Å²) in [6.07, 6.45) is 2.37. The van der Waals surface area contributed by atoms with Gasteiger partial charge >= 0.3 is 0 Å². The Balaban J connectivity index is 0.00000171. The highest BCUT2D eigenvalue weighted by atomic mass is 35.5. The standard InChI is InChI=1S/C20H33N5O4.2ClH/c1-22(2)15(26)12-23-7-3-8-24(11-10-23)18(27)16-14-4-5-20(29-14)13-25(9-6-21)19(28)17(16)20;;/h14,16-17H,3-13,21H2,1-2H3;2*1H/t14-,16-,17+,20-;;/m0../s1. The maximum atomic E-state index is 13.5. The predicted octanol–water partition coefficient (Wildman–Crippen LogP) is -0.583. The largest absolute Gasteiger partial charge is 0.368 e. The number of halogens is 2. The van der Waals surface area contributed by atoms with Gasteiger partial charge in [-0.25, -0.2) is 0 Å². The van der Waals surface area contributed by atoms with Gasteiger partial charge in [0.1, 0.15) is 0 Å². The van der Waals surface area contributed by atoms with Crippen LogP contribution in [0.2, 0.25) is 0 Å². The molecule has 2 N–H and O–H groups in total. The fourth-order valence-electron chi connectivity index (χ4n) is 5.56. The van der Waals surface area contributed by atoms with Crippen LogP contribution in [0.4, 0.5) is 0 Å². The van der Waals surface area contributed by atoms with Gasteiger partial charge in [0.2, 0.25) is 17.7 Å². The van der Waals surface area contributed by atoms with Crippen molar-refractivity contribution in [2.24, 2.45) is 17.6 Å². The van der Waals surface area contributed by atoms with E-state index < -0.39 is 5.60 Å². The quantitative estimate of drug-likeness (QED) is 0.565. The molecule has 0 aromatic carbocycles. The third-order valence-corrected chi connectivity index (χ3v) is 7.04. The molecule has 3 amide bonds.